The van der Waals surface area contributed by atoms with Crippen LogP contribution >= 0.6 is 0 Å². The van der Waals surface area contributed by atoms with Crippen LogP contribution in [0.2, 0.25) is 0 Å². The van der Waals surface area contributed by atoms with Crippen molar-refractivity contribution in [2.75, 3.05) is 13.1 Å². The molecule has 0 bridgehead atoms. The van der Waals surface area contributed by atoms with Crippen molar-refractivity contribution in [1.82, 2.24) is 14.9 Å². The Morgan fingerprint density at radius 2 is 2.47 bits per heavy atom. The van der Waals surface area contributed by atoms with Crippen molar-refractivity contribution in [2.45, 2.75) is 38.8 Å². The van der Waals surface area contributed by atoms with Crippen LogP contribution in [-0.4, -0.2) is 34.1 Å². The van der Waals surface area contributed by atoms with Gasteiger partial charge in [-0.05, 0) is 25.8 Å². The lowest BCUT2D eigenvalue weighted by atomic mass is 10.1. The molecule has 0 amide bonds. The summed E-state index contributed by atoms with van der Waals surface area (Å²) < 4.78 is 5.59. The van der Waals surface area contributed by atoms with Crippen LogP contribution in [0.15, 0.2) is 17.1 Å². The molecule has 0 saturated carbocycles. The molecule has 19 heavy (non-hydrogen) atoms. The standard InChI is InChI=1S/C14H19N3O2/c1-10-15-13-5-6-17(9-12(13)14(18)16-10)8-11-4-2-3-7-19-11/h3,7,11H,2,4-6,8-9H2,1H3,(H,15,16,18). The van der Waals surface area contributed by atoms with Gasteiger partial charge in [0.1, 0.15) is 11.9 Å². The maximum atomic E-state index is 12.0. The second-order valence-electron chi connectivity index (χ2n) is 5.27. The first-order valence-corrected chi connectivity index (χ1v) is 6.84. The molecule has 0 aromatic carbocycles. The van der Waals surface area contributed by atoms with Crippen LogP contribution in [0.3, 0.4) is 0 Å². The molecule has 2 aliphatic rings. The largest absolute Gasteiger partial charge is 0.497 e. The first-order chi connectivity index (χ1) is 9.22. The summed E-state index contributed by atoms with van der Waals surface area (Å²) >= 11 is 0. The number of allylic oxidation sites excluding steroid dienone is 1. The average Bonchev–Trinajstić information content (AvgIpc) is 2.40. The molecular formula is C14H19N3O2. The predicted octanol–water partition coefficient (Wildman–Crippen LogP) is 1.13. The minimum absolute atomic E-state index is 0.0108. The van der Waals surface area contributed by atoms with Crippen LogP contribution in [0.1, 0.15) is 29.9 Å². The summed E-state index contributed by atoms with van der Waals surface area (Å²) in [5.41, 5.74) is 1.79. The average molecular weight is 261 g/mol. The number of nitrogens with one attached hydrogen (secondary N) is 1. The Labute approximate surface area is 112 Å². The van der Waals surface area contributed by atoms with Gasteiger partial charge in [-0.2, -0.15) is 0 Å². The summed E-state index contributed by atoms with van der Waals surface area (Å²) in [5, 5.41) is 0. The smallest absolute Gasteiger partial charge is 0.255 e. The van der Waals surface area contributed by atoms with Crippen LogP contribution in [0.4, 0.5) is 0 Å². The number of aromatic amines is 1. The molecule has 1 unspecified atom stereocenters. The van der Waals surface area contributed by atoms with E-state index in [0.717, 1.165) is 43.6 Å². The zero-order valence-electron chi connectivity index (χ0n) is 11.2. The highest BCUT2D eigenvalue weighted by Gasteiger charge is 2.23. The molecule has 5 nitrogen and oxygen atoms in total. The van der Waals surface area contributed by atoms with E-state index in [1.807, 2.05) is 6.92 Å². The molecule has 0 fully saturated rings. The Morgan fingerprint density at radius 3 is 3.26 bits per heavy atom. The third-order valence-corrected chi connectivity index (χ3v) is 3.75. The van der Waals surface area contributed by atoms with Gasteiger partial charge >= 0.3 is 0 Å². The van der Waals surface area contributed by atoms with Crippen molar-refractivity contribution in [1.29, 1.82) is 0 Å². The van der Waals surface area contributed by atoms with Gasteiger partial charge in [0, 0.05) is 26.1 Å². The molecule has 5 heteroatoms. The molecule has 1 atom stereocenters. The topological polar surface area (TPSA) is 58.2 Å². The van der Waals surface area contributed by atoms with Crippen molar-refractivity contribution >= 4 is 0 Å². The molecule has 102 valence electrons. The van der Waals surface area contributed by atoms with Crippen LogP contribution < -0.4 is 5.56 Å². The molecule has 3 rings (SSSR count). The number of nitrogens with zero attached hydrogens (tertiary/aromatic N) is 2. The first-order valence-electron chi connectivity index (χ1n) is 6.84. The number of ether oxygens (including phenoxy) is 1. The second kappa shape index (κ2) is 5.17. The minimum Gasteiger partial charge on any atom is -0.497 e. The highest BCUT2D eigenvalue weighted by Crippen LogP contribution is 2.17. The van der Waals surface area contributed by atoms with Crippen LogP contribution in [0.5, 0.6) is 0 Å². The lowest BCUT2D eigenvalue weighted by Crippen LogP contribution is -2.40. The normalized spacial score (nSPS) is 22.9. The fourth-order valence-corrected chi connectivity index (χ4v) is 2.77. The van der Waals surface area contributed by atoms with E-state index in [2.05, 4.69) is 20.9 Å². The highest BCUT2D eigenvalue weighted by molar-refractivity contribution is 5.20. The quantitative estimate of drug-likeness (QED) is 0.867. The Kier molecular flexibility index (Phi) is 3.38. The summed E-state index contributed by atoms with van der Waals surface area (Å²) in [5.74, 6) is 0.706. The molecule has 2 aliphatic heterocycles. The van der Waals surface area contributed by atoms with Gasteiger partial charge in [-0.1, -0.05) is 0 Å². The molecule has 0 radical (unpaired) electrons. The van der Waals surface area contributed by atoms with E-state index in [1.54, 1.807) is 6.26 Å². The van der Waals surface area contributed by atoms with E-state index >= 15 is 0 Å². The van der Waals surface area contributed by atoms with Crippen molar-refractivity contribution in [3.05, 3.63) is 39.8 Å². The Morgan fingerprint density at radius 1 is 1.58 bits per heavy atom. The summed E-state index contributed by atoms with van der Waals surface area (Å²) in [6, 6.07) is 0. The highest BCUT2D eigenvalue weighted by atomic mass is 16.5. The number of aromatic nitrogens is 2. The number of rotatable bonds is 2. The number of hydrogen-bond acceptors (Lipinski definition) is 4. The summed E-state index contributed by atoms with van der Waals surface area (Å²) in [6.07, 6.45) is 7.09. The molecule has 0 aliphatic carbocycles. The maximum Gasteiger partial charge on any atom is 0.255 e. The van der Waals surface area contributed by atoms with Crippen molar-refractivity contribution in [3.8, 4) is 0 Å². The summed E-state index contributed by atoms with van der Waals surface area (Å²) in [4.78, 5) is 21.5. The molecule has 3 heterocycles. The van der Waals surface area contributed by atoms with Gasteiger partial charge in [0.2, 0.25) is 0 Å². The van der Waals surface area contributed by atoms with E-state index in [1.165, 1.54) is 0 Å². The molecular weight excluding hydrogens is 242 g/mol. The van der Waals surface area contributed by atoms with Gasteiger partial charge in [0.05, 0.1) is 17.5 Å². The predicted molar refractivity (Wildman–Crippen MR) is 71.8 cm³/mol. The zero-order chi connectivity index (χ0) is 13.2. The molecule has 1 N–H and O–H groups in total. The third-order valence-electron chi connectivity index (χ3n) is 3.75. The van der Waals surface area contributed by atoms with Crippen molar-refractivity contribution in [3.63, 3.8) is 0 Å². The second-order valence-corrected chi connectivity index (χ2v) is 5.27. The van der Waals surface area contributed by atoms with Gasteiger partial charge in [-0.15, -0.1) is 0 Å². The van der Waals surface area contributed by atoms with Crippen LogP contribution in [0.25, 0.3) is 0 Å². The maximum absolute atomic E-state index is 12.0. The zero-order valence-corrected chi connectivity index (χ0v) is 11.2. The van der Waals surface area contributed by atoms with Crippen molar-refractivity contribution < 1.29 is 4.74 Å². The monoisotopic (exact) mass is 261 g/mol. The van der Waals surface area contributed by atoms with Crippen molar-refractivity contribution in [2.24, 2.45) is 0 Å². The fraction of sp³-hybridized carbons (Fsp3) is 0.571. The molecule has 1 aromatic heterocycles. The van der Waals surface area contributed by atoms with E-state index in [-0.39, 0.29) is 11.7 Å². The van der Waals surface area contributed by atoms with Crippen LogP contribution in [0, 0.1) is 6.92 Å². The Bertz CT molecular complexity index is 550. The number of fused-ring (bicyclic) bond motifs is 1. The third kappa shape index (κ3) is 2.71. The number of aryl methyl sites for hydroxylation is 1. The van der Waals surface area contributed by atoms with Gasteiger partial charge in [-0.25, -0.2) is 4.98 Å². The molecule has 0 saturated heterocycles. The number of hydrogen-bond donors (Lipinski definition) is 1. The molecule has 1 aromatic rings. The molecule has 0 spiro atoms. The van der Waals surface area contributed by atoms with Gasteiger partial charge in [-0.3, -0.25) is 9.69 Å². The summed E-state index contributed by atoms with van der Waals surface area (Å²) in [6.45, 7) is 4.35. The Balaban J connectivity index is 1.71. The van der Waals surface area contributed by atoms with Crippen LogP contribution in [-0.2, 0) is 17.7 Å². The lowest BCUT2D eigenvalue weighted by molar-refractivity contribution is 0.0732. The van der Waals surface area contributed by atoms with Gasteiger partial charge in [0.25, 0.3) is 5.56 Å². The minimum atomic E-state index is 0.0108. The van der Waals surface area contributed by atoms with Gasteiger partial charge < -0.3 is 9.72 Å². The fourth-order valence-electron chi connectivity index (χ4n) is 2.77. The number of H-pyrrole nitrogens is 1. The van der Waals surface area contributed by atoms with E-state index in [4.69, 9.17) is 4.74 Å². The van der Waals surface area contributed by atoms with Gasteiger partial charge in [0.15, 0.2) is 0 Å². The summed E-state index contributed by atoms with van der Waals surface area (Å²) in [7, 11) is 0. The Hall–Kier alpha value is -1.62. The van der Waals surface area contributed by atoms with E-state index < -0.39 is 0 Å². The SMILES string of the molecule is Cc1nc2c(c(=O)[nH]1)CN(CC1CCC=CO1)CC2. The first kappa shape index (κ1) is 12.4. The lowest BCUT2D eigenvalue weighted by Gasteiger charge is -2.31. The van der Waals surface area contributed by atoms with E-state index in [0.29, 0.717) is 12.4 Å². The van der Waals surface area contributed by atoms with E-state index in [9.17, 15) is 4.79 Å².